The minimum atomic E-state index is -0.0871. The zero-order chi connectivity index (χ0) is 18.4. The molecule has 1 aliphatic rings. The van der Waals surface area contributed by atoms with Gasteiger partial charge >= 0.3 is 5.97 Å². The first-order valence-electron chi connectivity index (χ1n) is 9.21. The van der Waals surface area contributed by atoms with Crippen LogP contribution in [0.25, 0.3) is 0 Å². The molecule has 138 valence electrons. The van der Waals surface area contributed by atoms with E-state index in [-0.39, 0.29) is 5.97 Å². The number of carbonyl (C=O) groups excluding carboxylic acids is 1. The molecule has 2 aromatic rings. The molecule has 3 rings (SSSR count). The number of hydrogen-bond donors (Lipinski definition) is 1. The summed E-state index contributed by atoms with van der Waals surface area (Å²) in [4.78, 5) is 16.0. The molecule has 1 heterocycles. The maximum Gasteiger partial charge on any atom is 0.306 e. The van der Waals surface area contributed by atoms with E-state index in [1.54, 1.807) is 0 Å². The Hall–Kier alpha value is -2.56. The molecule has 5 nitrogen and oxygen atoms in total. The second-order valence-corrected chi connectivity index (χ2v) is 6.54. The first-order chi connectivity index (χ1) is 12.7. The van der Waals surface area contributed by atoms with Crippen molar-refractivity contribution in [3.63, 3.8) is 0 Å². The van der Waals surface area contributed by atoms with Crippen LogP contribution in [0.15, 0.2) is 42.5 Å². The van der Waals surface area contributed by atoms with Gasteiger partial charge < -0.3 is 14.8 Å². The molecule has 1 aromatic heterocycles. The molecule has 1 saturated carbocycles. The number of anilines is 1. The van der Waals surface area contributed by atoms with Gasteiger partial charge in [0.05, 0.1) is 13.2 Å². The Morgan fingerprint density at radius 2 is 2.04 bits per heavy atom. The van der Waals surface area contributed by atoms with Crippen LogP contribution in [-0.4, -0.2) is 31.2 Å². The largest absolute Gasteiger partial charge is 0.493 e. The van der Waals surface area contributed by atoms with Crippen molar-refractivity contribution < 1.29 is 14.3 Å². The van der Waals surface area contributed by atoms with Gasteiger partial charge in [0.2, 0.25) is 0 Å². The molecule has 1 fully saturated rings. The minimum Gasteiger partial charge on any atom is -0.493 e. The number of rotatable bonds is 9. The standard InChI is InChI=1S/C21H26N2O3/c1-3-25-21(24)14-16-13-19(16)15-7-9-18(10-8-15)26-12-11-17-5-4-6-20(22-2)23-17/h4-10,16,19H,3,11-14H2,1-2H3,(H,22,23). The van der Waals surface area contributed by atoms with Crippen molar-refractivity contribution >= 4 is 11.8 Å². The third kappa shape index (κ3) is 4.97. The third-order valence-electron chi connectivity index (χ3n) is 4.65. The normalized spacial score (nSPS) is 18.2. The van der Waals surface area contributed by atoms with Crippen molar-refractivity contribution in [1.82, 2.24) is 4.98 Å². The van der Waals surface area contributed by atoms with Crippen LogP contribution in [0.2, 0.25) is 0 Å². The van der Waals surface area contributed by atoms with Crippen LogP contribution in [-0.2, 0) is 16.0 Å². The van der Waals surface area contributed by atoms with Crippen molar-refractivity contribution in [3.05, 3.63) is 53.7 Å². The zero-order valence-electron chi connectivity index (χ0n) is 15.4. The molecule has 0 aliphatic heterocycles. The molecule has 0 radical (unpaired) electrons. The van der Waals surface area contributed by atoms with Gasteiger partial charge in [-0.1, -0.05) is 18.2 Å². The van der Waals surface area contributed by atoms with Gasteiger partial charge in [0, 0.05) is 25.6 Å². The number of carbonyl (C=O) groups is 1. The van der Waals surface area contributed by atoms with E-state index < -0.39 is 0 Å². The van der Waals surface area contributed by atoms with Gasteiger partial charge in [0.15, 0.2) is 0 Å². The van der Waals surface area contributed by atoms with Crippen molar-refractivity contribution in [2.24, 2.45) is 5.92 Å². The van der Waals surface area contributed by atoms with E-state index in [1.807, 2.05) is 44.3 Å². The Balaban J connectivity index is 1.44. The SMILES string of the molecule is CCOC(=O)CC1CC1c1ccc(OCCc2cccc(NC)n2)cc1. The van der Waals surface area contributed by atoms with E-state index in [9.17, 15) is 4.79 Å². The van der Waals surface area contributed by atoms with Gasteiger partial charge in [0.25, 0.3) is 0 Å². The van der Waals surface area contributed by atoms with Crippen molar-refractivity contribution in [1.29, 1.82) is 0 Å². The second kappa shape index (κ2) is 8.70. The molecular formula is C21H26N2O3. The fourth-order valence-corrected chi connectivity index (χ4v) is 3.16. The first-order valence-corrected chi connectivity index (χ1v) is 9.21. The number of pyridine rings is 1. The number of benzene rings is 1. The summed E-state index contributed by atoms with van der Waals surface area (Å²) < 4.78 is 10.9. The van der Waals surface area contributed by atoms with Gasteiger partial charge in [0.1, 0.15) is 11.6 Å². The summed E-state index contributed by atoms with van der Waals surface area (Å²) in [6.45, 7) is 2.89. The number of aromatic nitrogens is 1. The fourth-order valence-electron chi connectivity index (χ4n) is 3.16. The monoisotopic (exact) mass is 354 g/mol. The zero-order valence-corrected chi connectivity index (χ0v) is 15.4. The molecule has 0 saturated heterocycles. The summed E-state index contributed by atoms with van der Waals surface area (Å²) in [5.41, 5.74) is 2.28. The molecule has 0 amide bonds. The van der Waals surface area contributed by atoms with Crippen LogP contribution in [0.4, 0.5) is 5.82 Å². The molecule has 1 aliphatic carbocycles. The highest BCUT2D eigenvalue weighted by Gasteiger charge is 2.39. The molecule has 5 heteroatoms. The summed E-state index contributed by atoms with van der Waals surface area (Å²) in [5, 5.41) is 3.04. The van der Waals surface area contributed by atoms with Gasteiger partial charge in [-0.3, -0.25) is 4.79 Å². The number of ether oxygens (including phenoxy) is 2. The summed E-state index contributed by atoms with van der Waals surface area (Å²) in [7, 11) is 1.86. The van der Waals surface area contributed by atoms with Crippen molar-refractivity contribution in [2.45, 2.75) is 32.1 Å². The molecular weight excluding hydrogens is 328 g/mol. The van der Waals surface area contributed by atoms with Gasteiger partial charge in [-0.2, -0.15) is 0 Å². The van der Waals surface area contributed by atoms with Crippen LogP contribution >= 0.6 is 0 Å². The van der Waals surface area contributed by atoms with Gasteiger partial charge in [-0.25, -0.2) is 4.98 Å². The second-order valence-electron chi connectivity index (χ2n) is 6.54. The summed E-state index contributed by atoms with van der Waals surface area (Å²) in [5.74, 6) is 2.54. The average molecular weight is 354 g/mol. The Bertz CT molecular complexity index is 730. The van der Waals surface area contributed by atoms with E-state index in [0.29, 0.717) is 31.5 Å². The lowest BCUT2D eigenvalue weighted by Crippen LogP contribution is -2.05. The lowest BCUT2D eigenvalue weighted by Gasteiger charge is -2.08. The molecule has 1 aromatic carbocycles. The minimum absolute atomic E-state index is 0.0871. The Labute approximate surface area is 154 Å². The topological polar surface area (TPSA) is 60.5 Å². The number of esters is 1. The van der Waals surface area contributed by atoms with Crippen molar-refractivity contribution in [2.75, 3.05) is 25.6 Å². The summed E-state index contributed by atoms with van der Waals surface area (Å²) in [6, 6.07) is 14.2. The average Bonchev–Trinajstić information content (AvgIpc) is 3.41. The van der Waals surface area contributed by atoms with Gasteiger partial charge in [-0.15, -0.1) is 0 Å². The predicted octanol–water partition coefficient (Wildman–Crippen LogP) is 3.80. The van der Waals surface area contributed by atoms with Crippen molar-refractivity contribution in [3.8, 4) is 5.75 Å². The van der Waals surface area contributed by atoms with E-state index in [4.69, 9.17) is 9.47 Å². The predicted molar refractivity (Wildman–Crippen MR) is 102 cm³/mol. The lowest BCUT2D eigenvalue weighted by molar-refractivity contribution is -0.143. The Kier molecular flexibility index (Phi) is 6.10. The van der Waals surface area contributed by atoms with Crippen LogP contribution in [0.1, 0.15) is 36.9 Å². The molecule has 2 unspecified atom stereocenters. The highest BCUT2D eigenvalue weighted by Crippen LogP contribution is 2.49. The highest BCUT2D eigenvalue weighted by atomic mass is 16.5. The molecule has 0 spiro atoms. The van der Waals surface area contributed by atoms with Crippen LogP contribution in [0.3, 0.4) is 0 Å². The molecule has 26 heavy (non-hydrogen) atoms. The summed E-state index contributed by atoms with van der Waals surface area (Å²) >= 11 is 0. The number of hydrogen-bond acceptors (Lipinski definition) is 5. The lowest BCUT2D eigenvalue weighted by atomic mass is 10.1. The maximum absolute atomic E-state index is 11.5. The third-order valence-corrected chi connectivity index (χ3v) is 4.65. The van der Waals surface area contributed by atoms with Crippen LogP contribution in [0.5, 0.6) is 5.75 Å². The summed E-state index contributed by atoms with van der Waals surface area (Å²) in [6.07, 6.45) is 2.35. The number of nitrogens with zero attached hydrogens (tertiary/aromatic N) is 1. The van der Waals surface area contributed by atoms with E-state index >= 15 is 0 Å². The van der Waals surface area contributed by atoms with Gasteiger partial charge in [-0.05, 0) is 55.0 Å². The fraction of sp³-hybridized carbons (Fsp3) is 0.429. The van der Waals surface area contributed by atoms with Crippen LogP contribution in [0, 0.1) is 5.92 Å². The van der Waals surface area contributed by atoms with E-state index in [2.05, 4.69) is 22.4 Å². The first kappa shape index (κ1) is 18.2. The Morgan fingerprint density at radius 3 is 2.77 bits per heavy atom. The molecule has 0 bridgehead atoms. The molecule has 2 atom stereocenters. The maximum atomic E-state index is 11.5. The molecule has 1 N–H and O–H groups in total. The number of nitrogens with one attached hydrogen (secondary N) is 1. The smallest absolute Gasteiger partial charge is 0.306 e. The van der Waals surface area contributed by atoms with E-state index in [1.165, 1.54) is 5.56 Å². The quantitative estimate of drug-likeness (QED) is 0.694. The highest BCUT2D eigenvalue weighted by molar-refractivity contribution is 5.70. The Morgan fingerprint density at radius 1 is 1.23 bits per heavy atom. The van der Waals surface area contributed by atoms with Crippen LogP contribution < -0.4 is 10.1 Å². The van der Waals surface area contributed by atoms with E-state index in [0.717, 1.165) is 30.1 Å².